The molecule has 7 heteroatoms. The van der Waals surface area contributed by atoms with Crippen molar-refractivity contribution in [3.63, 3.8) is 0 Å². The number of carbonyl (C=O) groups excluding carboxylic acids is 1. The van der Waals surface area contributed by atoms with E-state index in [1.54, 1.807) is 13.8 Å². The first-order chi connectivity index (χ1) is 9.69. The zero-order valence-corrected chi connectivity index (χ0v) is 13.2. The third-order valence-corrected chi connectivity index (χ3v) is 3.80. The fourth-order valence-electron chi connectivity index (χ4n) is 2.10. The van der Waals surface area contributed by atoms with Gasteiger partial charge in [-0.1, -0.05) is 0 Å². The third-order valence-electron chi connectivity index (χ3n) is 3.19. The number of rotatable bonds is 4. The van der Waals surface area contributed by atoms with Gasteiger partial charge in [-0.15, -0.1) is 0 Å². The van der Waals surface area contributed by atoms with E-state index < -0.39 is 35.3 Å². The molecular weight excluding hydrogens is 347 g/mol. The summed E-state index contributed by atoms with van der Waals surface area (Å²) >= 11 is 2.95. The molecule has 1 aliphatic heterocycles. The van der Waals surface area contributed by atoms with Gasteiger partial charge in [-0.2, -0.15) is 0 Å². The molecule has 0 spiro atoms. The highest BCUT2D eigenvalue weighted by molar-refractivity contribution is 9.10. The predicted molar refractivity (Wildman–Crippen MR) is 75.6 cm³/mol. The van der Waals surface area contributed by atoms with Crippen LogP contribution in [0.3, 0.4) is 0 Å². The Bertz CT molecular complexity index is 561. The van der Waals surface area contributed by atoms with Crippen LogP contribution in [0.2, 0.25) is 0 Å². The summed E-state index contributed by atoms with van der Waals surface area (Å²) in [5, 5.41) is 19.7. The fraction of sp³-hybridized carbons (Fsp3) is 0.500. The van der Waals surface area contributed by atoms with E-state index in [0.717, 1.165) is 6.07 Å². The van der Waals surface area contributed by atoms with Crippen molar-refractivity contribution in [2.24, 2.45) is 0 Å². The summed E-state index contributed by atoms with van der Waals surface area (Å²) in [7, 11) is 0. The molecule has 21 heavy (non-hydrogen) atoms. The number of hydrogen-bond donors (Lipinski definition) is 2. The largest absolute Gasteiger partial charge is 0.507 e. The standard InChI is InChI=1S/C14H16BrFO5/c1-14(2)20-6-13(21-14)12(19)5-11(18)7-3-8(15)9(16)4-10(7)17/h3-4,12-13,17,19H,5-6H2,1-2H3/t12?,13-/m0/s1. The number of ketones is 1. The van der Waals surface area contributed by atoms with E-state index in [9.17, 15) is 19.4 Å². The van der Waals surface area contributed by atoms with E-state index in [2.05, 4.69) is 15.9 Å². The lowest BCUT2D eigenvalue weighted by atomic mass is 10.0. The van der Waals surface area contributed by atoms with Crippen molar-refractivity contribution in [2.75, 3.05) is 6.61 Å². The lowest BCUT2D eigenvalue weighted by Crippen LogP contribution is -2.32. The molecule has 1 heterocycles. The number of aliphatic hydroxyl groups excluding tert-OH is 1. The van der Waals surface area contributed by atoms with Crippen molar-refractivity contribution in [1.82, 2.24) is 0 Å². The first-order valence-corrected chi connectivity index (χ1v) is 7.20. The number of carbonyl (C=O) groups is 1. The monoisotopic (exact) mass is 362 g/mol. The SMILES string of the molecule is CC1(C)OC[C@@H](C(O)CC(=O)c2cc(Br)c(F)cc2O)O1. The number of phenolic OH excluding ortho intramolecular Hbond substituents is 1. The maximum absolute atomic E-state index is 13.2. The number of benzene rings is 1. The Labute approximate surface area is 129 Å². The Morgan fingerprint density at radius 1 is 1.57 bits per heavy atom. The van der Waals surface area contributed by atoms with Gasteiger partial charge in [0.05, 0.1) is 22.7 Å². The quantitative estimate of drug-likeness (QED) is 0.804. The fourth-order valence-corrected chi connectivity index (χ4v) is 2.44. The summed E-state index contributed by atoms with van der Waals surface area (Å²) in [6.45, 7) is 3.61. The van der Waals surface area contributed by atoms with Gasteiger partial charge in [-0.25, -0.2) is 4.39 Å². The second-order valence-corrected chi connectivity index (χ2v) is 6.20. The van der Waals surface area contributed by atoms with Gasteiger partial charge < -0.3 is 19.7 Å². The Kier molecular flexibility index (Phi) is 4.67. The molecule has 1 saturated heterocycles. The van der Waals surface area contributed by atoms with Crippen molar-refractivity contribution in [1.29, 1.82) is 0 Å². The van der Waals surface area contributed by atoms with Crippen LogP contribution >= 0.6 is 15.9 Å². The smallest absolute Gasteiger partial charge is 0.169 e. The maximum atomic E-state index is 13.2. The highest BCUT2D eigenvalue weighted by Crippen LogP contribution is 2.29. The molecule has 0 aliphatic carbocycles. The molecule has 1 aromatic rings. The molecule has 0 bridgehead atoms. The van der Waals surface area contributed by atoms with Gasteiger partial charge in [0.2, 0.25) is 0 Å². The summed E-state index contributed by atoms with van der Waals surface area (Å²) in [5.41, 5.74) is -0.0551. The van der Waals surface area contributed by atoms with Crippen molar-refractivity contribution >= 4 is 21.7 Å². The van der Waals surface area contributed by atoms with E-state index in [1.165, 1.54) is 6.07 Å². The number of aromatic hydroxyl groups is 1. The second kappa shape index (κ2) is 6.00. The number of hydrogen-bond acceptors (Lipinski definition) is 5. The molecule has 1 unspecified atom stereocenters. The minimum Gasteiger partial charge on any atom is -0.507 e. The zero-order valence-electron chi connectivity index (χ0n) is 11.6. The minimum absolute atomic E-state index is 0.0551. The normalized spacial score (nSPS) is 22.2. The van der Waals surface area contributed by atoms with Gasteiger partial charge in [0, 0.05) is 12.5 Å². The molecule has 116 valence electrons. The number of Topliss-reactive ketones (excluding diaryl/α,β-unsaturated/α-hetero) is 1. The molecule has 0 amide bonds. The van der Waals surface area contributed by atoms with Crippen LogP contribution in [-0.2, 0) is 9.47 Å². The van der Waals surface area contributed by atoms with Crippen LogP contribution in [0.1, 0.15) is 30.6 Å². The van der Waals surface area contributed by atoms with Crippen LogP contribution in [0.4, 0.5) is 4.39 Å². The third kappa shape index (κ3) is 3.79. The van der Waals surface area contributed by atoms with Crippen LogP contribution in [0.15, 0.2) is 16.6 Å². The summed E-state index contributed by atoms with van der Waals surface area (Å²) < 4.78 is 24.1. The highest BCUT2D eigenvalue weighted by atomic mass is 79.9. The summed E-state index contributed by atoms with van der Waals surface area (Å²) in [4.78, 5) is 12.1. The van der Waals surface area contributed by atoms with Gasteiger partial charge in [0.15, 0.2) is 11.6 Å². The molecule has 1 aliphatic rings. The van der Waals surface area contributed by atoms with Crippen LogP contribution < -0.4 is 0 Å². The first kappa shape index (κ1) is 16.4. The summed E-state index contributed by atoms with van der Waals surface area (Å²) in [6, 6.07) is 2.04. The van der Waals surface area contributed by atoms with Gasteiger partial charge in [-0.3, -0.25) is 4.79 Å². The molecule has 5 nitrogen and oxygen atoms in total. The van der Waals surface area contributed by atoms with Crippen molar-refractivity contribution < 1.29 is 28.9 Å². The number of halogens is 2. The van der Waals surface area contributed by atoms with Crippen LogP contribution in [-0.4, -0.2) is 40.6 Å². The average molecular weight is 363 g/mol. The molecule has 0 saturated carbocycles. The molecule has 1 aromatic carbocycles. The Morgan fingerprint density at radius 3 is 2.81 bits per heavy atom. The Morgan fingerprint density at radius 2 is 2.24 bits per heavy atom. The van der Waals surface area contributed by atoms with Crippen molar-refractivity contribution in [3.8, 4) is 5.75 Å². The topological polar surface area (TPSA) is 76.0 Å². The Balaban J connectivity index is 2.06. The van der Waals surface area contributed by atoms with E-state index in [-0.39, 0.29) is 23.1 Å². The maximum Gasteiger partial charge on any atom is 0.169 e. The van der Waals surface area contributed by atoms with Gasteiger partial charge in [-0.05, 0) is 35.8 Å². The number of ether oxygens (including phenoxy) is 2. The molecule has 2 atom stereocenters. The van der Waals surface area contributed by atoms with Gasteiger partial charge >= 0.3 is 0 Å². The summed E-state index contributed by atoms with van der Waals surface area (Å²) in [6.07, 6.45) is -1.94. The lowest BCUT2D eigenvalue weighted by molar-refractivity contribution is -0.150. The zero-order chi connectivity index (χ0) is 15.8. The molecule has 0 aromatic heterocycles. The van der Waals surface area contributed by atoms with E-state index in [4.69, 9.17) is 9.47 Å². The van der Waals surface area contributed by atoms with Crippen LogP contribution in [0.25, 0.3) is 0 Å². The van der Waals surface area contributed by atoms with Gasteiger partial charge in [0.25, 0.3) is 0 Å². The molecular formula is C14H16BrFO5. The number of aliphatic hydroxyl groups is 1. The van der Waals surface area contributed by atoms with Crippen LogP contribution in [0, 0.1) is 5.82 Å². The summed E-state index contributed by atoms with van der Waals surface area (Å²) in [5.74, 6) is -2.43. The number of phenols is 1. The molecule has 1 fully saturated rings. The molecule has 2 N–H and O–H groups in total. The minimum atomic E-state index is -1.07. The van der Waals surface area contributed by atoms with Crippen molar-refractivity contribution in [2.45, 2.75) is 38.3 Å². The van der Waals surface area contributed by atoms with Crippen LogP contribution in [0.5, 0.6) is 5.75 Å². The molecule has 0 radical (unpaired) electrons. The van der Waals surface area contributed by atoms with E-state index >= 15 is 0 Å². The van der Waals surface area contributed by atoms with Crippen molar-refractivity contribution in [3.05, 3.63) is 28.0 Å². The first-order valence-electron chi connectivity index (χ1n) is 6.40. The van der Waals surface area contributed by atoms with E-state index in [1.807, 2.05) is 0 Å². The predicted octanol–water partition coefficient (Wildman–Crippen LogP) is 2.38. The average Bonchev–Trinajstić information content (AvgIpc) is 2.74. The second-order valence-electron chi connectivity index (χ2n) is 5.35. The lowest BCUT2D eigenvalue weighted by Gasteiger charge is -2.20. The van der Waals surface area contributed by atoms with Gasteiger partial charge in [0.1, 0.15) is 17.7 Å². The molecule has 2 rings (SSSR count). The Hall–Kier alpha value is -1.02. The van der Waals surface area contributed by atoms with E-state index in [0.29, 0.717) is 0 Å². The highest BCUT2D eigenvalue weighted by Gasteiger charge is 2.37.